The van der Waals surface area contributed by atoms with Gasteiger partial charge in [-0.15, -0.1) is 0 Å². The smallest absolute Gasteiger partial charge is 0.213 e. The lowest BCUT2D eigenvalue weighted by molar-refractivity contribution is 0.170. The number of nitrogens with one attached hydrogen (secondary N) is 1. The number of fused-ring (bicyclic) bond motifs is 2. The molecule has 0 aromatic carbocycles. The quantitative estimate of drug-likeness (QED) is 0.518. The van der Waals surface area contributed by atoms with Gasteiger partial charge in [0.2, 0.25) is 5.88 Å². The third-order valence-corrected chi connectivity index (χ3v) is 6.95. The summed E-state index contributed by atoms with van der Waals surface area (Å²) in [6.07, 6.45) is 4.78. The van der Waals surface area contributed by atoms with Crippen LogP contribution in [0.15, 0.2) is 36.7 Å². The van der Waals surface area contributed by atoms with Crippen LogP contribution < -0.4 is 24.4 Å². The van der Waals surface area contributed by atoms with Gasteiger partial charge in [-0.25, -0.2) is 4.98 Å². The molecule has 2 aliphatic rings. The monoisotopic (exact) mass is 453 g/mol. The highest BCUT2D eigenvalue weighted by atomic mass is 32.2. The molecule has 1 N–H and O–H groups in total. The predicted molar refractivity (Wildman–Crippen MR) is 126 cm³/mol. The number of pyridine rings is 3. The Kier molecular flexibility index (Phi) is 6.45. The lowest BCUT2D eigenvalue weighted by Gasteiger charge is -2.20. The number of anilines is 1. The fraction of sp³-hybridized carbons (Fsp3) is 0.435. The fourth-order valence-corrected chi connectivity index (χ4v) is 5.20. The number of thioether (sulfide) groups is 1. The van der Waals surface area contributed by atoms with Crippen LogP contribution in [0, 0.1) is 0 Å². The molecule has 1 saturated heterocycles. The highest BCUT2D eigenvalue weighted by molar-refractivity contribution is 7.99. The Balaban J connectivity index is 1.10. The maximum atomic E-state index is 5.63. The number of nitrogens with zero attached hydrogens (tertiary/aromatic N) is 4. The van der Waals surface area contributed by atoms with Gasteiger partial charge in [-0.1, -0.05) is 0 Å². The third kappa shape index (κ3) is 4.68. The lowest BCUT2D eigenvalue weighted by atomic mass is 10.2. The number of ether oxygens (including phenoxy) is 3. The maximum absolute atomic E-state index is 5.63. The molecular formula is C23H27N5O3S. The second-order valence-electron chi connectivity index (χ2n) is 7.77. The first-order valence-electron chi connectivity index (χ1n) is 10.9. The van der Waals surface area contributed by atoms with Crippen molar-refractivity contribution in [2.24, 2.45) is 0 Å². The van der Waals surface area contributed by atoms with Gasteiger partial charge < -0.3 is 24.4 Å². The van der Waals surface area contributed by atoms with E-state index in [1.54, 1.807) is 13.3 Å². The Bertz CT molecular complexity index is 1080. The van der Waals surface area contributed by atoms with E-state index in [0.29, 0.717) is 24.3 Å². The minimum Gasteiger partial charge on any atom is -0.486 e. The summed E-state index contributed by atoms with van der Waals surface area (Å²) in [6.45, 7) is 4.90. The van der Waals surface area contributed by atoms with E-state index in [0.717, 1.165) is 65.8 Å². The van der Waals surface area contributed by atoms with E-state index in [4.69, 9.17) is 14.2 Å². The molecule has 5 heterocycles. The van der Waals surface area contributed by atoms with Crippen molar-refractivity contribution in [3.63, 3.8) is 0 Å². The van der Waals surface area contributed by atoms with Gasteiger partial charge in [0, 0.05) is 55.5 Å². The lowest BCUT2D eigenvalue weighted by Crippen LogP contribution is -2.22. The molecule has 1 atom stereocenters. The topological polar surface area (TPSA) is 81.6 Å². The summed E-state index contributed by atoms with van der Waals surface area (Å²) >= 11 is 2.02. The van der Waals surface area contributed by atoms with E-state index in [1.807, 2.05) is 36.2 Å². The molecule has 5 rings (SSSR count). The molecule has 168 valence electrons. The fourth-order valence-electron chi connectivity index (χ4n) is 4.05. The Hall–Kier alpha value is -2.78. The largest absolute Gasteiger partial charge is 0.486 e. The van der Waals surface area contributed by atoms with Crippen molar-refractivity contribution in [3.8, 4) is 17.4 Å². The summed E-state index contributed by atoms with van der Waals surface area (Å²) < 4.78 is 16.5. The summed E-state index contributed by atoms with van der Waals surface area (Å²) in [4.78, 5) is 16.0. The van der Waals surface area contributed by atoms with Crippen LogP contribution in [0.5, 0.6) is 17.4 Å². The zero-order chi connectivity index (χ0) is 21.8. The highest BCUT2D eigenvalue weighted by Gasteiger charge is 2.24. The Morgan fingerprint density at radius 2 is 2.09 bits per heavy atom. The Labute approximate surface area is 191 Å². The molecule has 0 radical (unpaired) electrons. The van der Waals surface area contributed by atoms with Gasteiger partial charge in [-0.2, -0.15) is 11.8 Å². The average molecular weight is 454 g/mol. The van der Waals surface area contributed by atoms with Gasteiger partial charge in [-0.05, 0) is 18.6 Å². The molecule has 0 aliphatic carbocycles. The van der Waals surface area contributed by atoms with Crippen molar-refractivity contribution in [1.82, 2.24) is 20.3 Å². The van der Waals surface area contributed by atoms with Crippen LogP contribution in [0.3, 0.4) is 0 Å². The molecule has 32 heavy (non-hydrogen) atoms. The number of aromatic nitrogens is 3. The highest BCUT2D eigenvalue weighted by Crippen LogP contribution is 2.32. The minimum absolute atomic E-state index is 0.587. The van der Waals surface area contributed by atoms with Crippen LogP contribution in [-0.2, 0) is 6.54 Å². The van der Waals surface area contributed by atoms with E-state index in [-0.39, 0.29) is 0 Å². The van der Waals surface area contributed by atoms with E-state index in [9.17, 15) is 0 Å². The second-order valence-corrected chi connectivity index (χ2v) is 9.18. The van der Waals surface area contributed by atoms with Gasteiger partial charge >= 0.3 is 0 Å². The molecule has 0 bridgehead atoms. The Morgan fingerprint density at radius 3 is 3.00 bits per heavy atom. The van der Waals surface area contributed by atoms with Crippen LogP contribution in [0.4, 0.5) is 5.69 Å². The normalized spacial score (nSPS) is 17.7. The molecule has 2 aliphatic heterocycles. The van der Waals surface area contributed by atoms with Gasteiger partial charge in [0.05, 0.1) is 30.2 Å². The standard InChI is InChI=1S/C23H27N5O3S/c1-29-22-3-2-18-23(27-22)19(4-6-25-18)28-8-5-17(15-28)32-11-7-24-13-16-12-20-21(14-26-16)31-10-9-30-20/h2-4,6,12,14,17,24H,5,7-11,13,15H2,1H3. The molecule has 3 aromatic heterocycles. The first-order valence-corrected chi connectivity index (χ1v) is 12.0. The summed E-state index contributed by atoms with van der Waals surface area (Å²) in [7, 11) is 1.64. The molecule has 9 heteroatoms. The average Bonchev–Trinajstić information content (AvgIpc) is 3.31. The maximum Gasteiger partial charge on any atom is 0.213 e. The third-order valence-electron chi connectivity index (χ3n) is 5.66. The molecular weight excluding hydrogens is 426 g/mol. The van der Waals surface area contributed by atoms with Gasteiger partial charge in [0.1, 0.15) is 18.7 Å². The van der Waals surface area contributed by atoms with Crippen LogP contribution in [0.2, 0.25) is 0 Å². The van der Waals surface area contributed by atoms with Gasteiger partial charge in [-0.3, -0.25) is 9.97 Å². The van der Waals surface area contributed by atoms with Crippen molar-refractivity contribution in [1.29, 1.82) is 0 Å². The second kappa shape index (κ2) is 9.79. The van der Waals surface area contributed by atoms with Gasteiger partial charge in [0.25, 0.3) is 0 Å². The molecule has 3 aromatic rings. The SMILES string of the molecule is COc1ccc2nccc(N3CCC(SCCNCc4cc5c(cn4)OCCO5)C3)c2n1. The molecule has 1 unspecified atom stereocenters. The van der Waals surface area contributed by atoms with Crippen LogP contribution in [-0.4, -0.2) is 65.9 Å². The van der Waals surface area contributed by atoms with Gasteiger partial charge in [0.15, 0.2) is 11.5 Å². The van der Waals surface area contributed by atoms with Crippen LogP contribution in [0.25, 0.3) is 11.0 Å². The summed E-state index contributed by atoms with van der Waals surface area (Å²) in [5.74, 6) is 3.21. The minimum atomic E-state index is 0.587. The van der Waals surface area contributed by atoms with Crippen LogP contribution in [0.1, 0.15) is 12.1 Å². The van der Waals surface area contributed by atoms with Crippen LogP contribution >= 0.6 is 11.8 Å². The van der Waals surface area contributed by atoms with Crippen molar-refractivity contribution >= 4 is 28.5 Å². The number of hydrogen-bond acceptors (Lipinski definition) is 9. The summed E-state index contributed by atoms with van der Waals surface area (Å²) in [5, 5.41) is 4.10. The first-order chi connectivity index (χ1) is 15.8. The molecule has 8 nitrogen and oxygen atoms in total. The van der Waals surface area contributed by atoms with Crippen molar-refractivity contribution in [2.45, 2.75) is 18.2 Å². The molecule has 0 amide bonds. The molecule has 1 fully saturated rings. The molecule has 0 saturated carbocycles. The number of rotatable bonds is 8. The first kappa shape index (κ1) is 21.1. The Morgan fingerprint density at radius 1 is 1.19 bits per heavy atom. The zero-order valence-corrected chi connectivity index (χ0v) is 18.9. The number of hydrogen-bond donors (Lipinski definition) is 1. The van der Waals surface area contributed by atoms with Crippen molar-refractivity contribution in [3.05, 3.63) is 42.4 Å². The predicted octanol–water partition coefficient (Wildman–Crippen LogP) is 2.91. The summed E-state index contributed by atoms with van der Waals surface area (Å²) in [5.41, 5.74) is 3.92. The van der Waals surface area contributed by atoms with E-state index in [1.165, 1.54) is 6.42 Å². The van der Waals surface area contributed by atoms with E-state index < -0.39 is 0 Å². The zero-order valence-electron chi connectivity index (χ0n) is 18.1. The number of methoxy groups -OCH3 is 1. The van der Waals surface area contributed by atoms with E-state index >= 15 is 0 Å². The molecule has 0 spiro atoms. The van der Waals surface area contributed by atoms with Crippen molar-refractivity contribution in [2.75, 3.05) is 50.6 Å². The summed E-state index contributed by atoms with van der Waals surface area (Å²) in [6, 6.07) is 7.85. The van der Waals surface area contributed by atoms with Crippen molar-refractivity contribution < 1.29 is 14.2 Å². The van der Waals surface area contributed by atoms with E-state index in [2.05, 4.69) is 31.2 Å².